The van der Waals surface area contributed by atoms with E-state index in [0.717, 1.165) is 16.5 Å². The minimum absolute atomic E-state index is 0.0242. The molecule has 1 aromatic heterocycles. The Morgan fingerprint density at radius 1 is 1.16 bits per heavy atom. The van der Waals surface area contributed by atoms with Gasteiger partial charge >= 0.3 is 0 Å². The zero-order chi connectivity index (χ0) is 17.2. The molecule has 6 heteroatoms. The summed E-state index contributed by atoms with van der Waals surface area (Å²) in [6, 6.07) is 13.5. The van der Waals surface area contributed by atoms with E-state index in [0.29, 0.717) is 22.7 Å². The smallest absolute Gasteiger partial charge is 0.251 e. The van der Waals surface area contributed by atoms with E-state index in [1.54, 1.807) is 6.07 Å². The molecule has 5 rings (SSSR count). The number of amides is 1. The summed E-state index contributed by atoms with van der Waals surface area (Å²) in [5, 5.41) is 4.56. The van der Waals surface area contributed by atoms with E-state index >= 15 is 0 Å². The summed E-state index contributed by atoms with van der Waals surface area (Å²) in [5.41, 5.74) is 0.708. The molecule has 0 spiro atoms. The van der Waals surface area contributed by atoms with Gasteiger partial charge in [0.15, 0.2) is 0 Å². The lowest BCUT2D eigenvalue weighted by Gasteiger charge is -2.44. The molecule has 3 saturated heterocycles. The number of piperidine rings is 3. The van der Waals surface area contributed by atoms with Gasteiger partial charge in [0.25, 0.3) is 5.91 Å². The third-order valence-corrected chi connectivity index (χ3v) is 6.16. The number of fused-ring (bicyclic) bond motifs is 3. The monoisotopic (exact) mass is 373 g/mol. The van der Waals surface area contributed by atoms with Gasteiger partial charge in [0.05, 0.1) is 0 Å². The normalized spacial score (nSPS) is 24.9. The van der Waals surface area contributed by atoms with Gasteiger partial charge < -0.3 is 10.2 Å². The van der Waals surface area contributed by atoms with Crippen LogP contribution < -0.4 is 5.32 Å². The van der Waals surface area contributed by atoms with Gasteiger partial charge in [0, 0.05) is 23.0 Å². The fraction of sp³-hybridized carbons (Fsp3) is 0.368. The first-order valence-corrected chi connectivity index (χ1v) is 9.80. The lowest BCUT2D eigenvalue weighted by Crippen LogP contribution is -2.57. The fourth-order valence-corrected chi connectivity index (χ4v) is 4.64. The molecule has 1 atom stereocenters. The van der Waals surface area contributed by atoms with Crippen molar-refractivity contribution in [1.29, 1.82) is 0 Å². The van der Waals surface area contributed by atoms with Crippen LogP contribution >= 0.6 is 23.4 Å². The summed E-state index contributed by atoms with van der Waals surface area (Å²) in [6.45, 7) is 3.35. The molecule has 0 radical (unpaired) electrons. The number of carbonyl (C=O) groups excluding carboxylic acids is 1. The SMILES string of the molecule is O=C(N[C@H]1CN2CCC1CC2)c1ccc(Sc2cccc(Cl)n2)cc1. The Balaban J connectivity index is 1.39. The molecule has 3 aliphatic rings. The Morgan fingerprint density at radius 3 is 2.56 bits per heavy atom. The Bertz CT molecular complexity index is 760. The average molecular weight is 374 g/mol. The largest absolute Gasteiger partial charge is 0.348 e. The van der Waals surface area contributed by atoms with Crippen molar-refractivity contribution in [3.8, 4) is 0 Å². The Labute approximate surface area is 157 Å². The van der Waals surface area contributed by atoms with Crippen LogP contribution in [0.25, 0.3) is 0 Å². The highest BCUT2D eigenvalue weighted by Crippen LogP contribution is 2.29. The zero-order valence-electron chi connectivity index (χ0n) is 13.8. The molecular formula is C19H20ClN3OS. The Morgan fingerprint density at radius 2 is 1.92 bits per heavy atom. The van der Waals surface area contributed by atoms with Gasteiger partial charge in [-0.25, -0.2) is 4.98 Å². The maximum absolute atomic E-state index is 12.5. The molecule has 3 fully saturated rings. The second-order valence-corrected chi connectivity index (χ2v) is 8.12. The van der Waals surface area contributed by atoms with Crippen LogP contribution in [-0.4, -0.2) is 41.5 Å². The van der Waals surface area contributed by atoms with Gasteiger partial charge in [-0.1, -0.05) is 29.4 Å². The quantitative estimate of drug-likeness (QED) is 0.830. The molecule has 2 aromatic rings. The van der Waals surface area contributed by atoms with Crippen LogP contribution in [0.2, 0.25) is 5.15 Å². The van der Waals surface area contributed by atoms with E-state index in [2.05, 4.69) is 15.2 Å². The summed E-state index contributed by atoms with van der Waals surface area (Å²) in [6.07, 6.45) is 2.40. The molecule has 0 aliphatic carbocycles. The molecule has 3 aliphatic heterocycles. The van der Waals surface area contributed by atoms with E-state index in [1.807, 2.05) is 36.4 Å². The first kappa shape index (κ1) is 16.9. The Kier molecular flexibility index (Phi) is 4.97. The zero-order valence-corrected chi connectivity index (χ0v) is 15.4. The molecule has 0 saturated carbocycles. The predicted molar refractivity (Wildman–Crippen MR) is 100 cm³/mol. The third-order valence-electron chi connectivity index (χ3n) is 5.00. The van der Waals surface area contributed by atoms with E-state index in [9.17, 15) is 4.79 Å². The van der Waals surface area contributed by atoms with Crippen LogP contribution in [0.3, 0.4) is 0 Å². The highest BCUT2D eigenvalue weighted by Gasteiger charge is 2.34. The van der Waals surface area contributed by atoms with E-state index < -0.39 is 0 Å². The average Bonchev–Trinajstić information content (AvgIpc) is 2.63. The van der Waals surface area contributed by atoms with E-state index in [1.165, 1.54) is 37.7 Å². The number of aromatic nitrogens is 1. The van der Waals surface area contributed by atoms with Crippen molar-refractivity contribution in [2.75, 3.05) is 19.6 Å². The molecule has 1 aromatic carbocycles. The summed E-state index contributed by atoms with van der Waals surface area (Å²) < 4.78 is 0. The van der Waals surface area contributed by atoms with Gasteiger partial charge in [-0.15, -0.1) is 0 Å². The maximum Gasteiger partial charge on any atom is 0.251 e. The minimum Gasteiger partial charge on any atom is -0.348 e. The maximum atomic E-state index is 12.5. The second kappa shape index (κ2) is 7.36. The van der Waals surface area contributed by atoms with Crippen molar-refractivity contribution >= 4 is 29.3 Å². The van der Waals surface area contributed by atoms with Gasteiger partial charge in [-0.05, 0) is 68.2 Å². The van der Waals surface area contributed by atoms with Gasteiger partial charge in [-0.2, -0.15) is 0 Å². The van der Waals surface area contributed by atoms with Gasteiger partial charge in [0.1, 0.15) is 10.2 Å². The van der Waals surface area contributed by atoms with Crippen molar-refractivity contribution in [3.63, 3.8) is 0 Å². The Hall–Kier alpha value is -1.56. The highest BCUT2D eigenvalue weighted by molar-refractivity contribution is 7.99. The van der Waals surface area contributed by atoms with Crippen molar-refractivity contribution in [1.82, 2.24) is 15.2 Å². The van der Waals surface area contributed by atoms with E-state index in [4.69, 9.17) is 11.6 Å². The molecule has 1 amide bonds. The predicted octanol–water partition coefficient (Wildman–Crippen LogP) is 3.71. The fourth-order valence-electron chi connectivity index (χ4n) is 3.62. The number of carbonyl (C=O) groups is 1. The molecule has 1 N–H and O–H groups in total. The van der Waals surface area contributed by atoms with E-state index in [-0.39, 0.29) is 5.91 Å². The molecular weight excluding hydrogens is 354 g/mol. The van der Waals surface area contributed by atoms with Crippen molar-refractivity contribution in [2.45, 2.75) is 28.8 Å². The lowest BCUT2D eigenvalue weighted by molar-refractivity contribution is 0.0620. The number of nitrogens with zero attached hydrogens (tertiary/aromatic N) is 2. The summed E-state index contributed by atoms with van der Waals surface area (Å²) in [4.78, 5) is 20.3. The van der Waals surface area contributed by atoms with Crippen LogP contribution in [0.1, 0.15) is 23.2 Å². The standard InChI is InChI=1S/C19H20ClN3OS/c20-17-2-1-3-18(22-17)25-15-6-4-14(5-7-15)19(24)21-16-12-23-10-8-13(16)9-11-23/h1-7,13,16H,8-12H2,(H,21,24)/t16-/m0/s1. The van der Waals surface area contributed by atoms with Crippen molar-refractivity contribution in [2.24, 2.45) is 5.92 Å². The molecule has 25 heavy (non-hydrogen) atoms. The number of hydrogen-bond donors (Lipinski definition) is 1. The summed E-state index contributed by atoms with van der Waals surface area (Å²) in [5.74, 6) is 0.661. The molecule has 4 nitrogen and oxygen atoms in total. The molecule has 0 unspecified atom stereocenters. The van der Waals surface area contributed by atoms with Gasteiger partial charge in [0.2, 0.25) is 0 Å². The number of halogens is 1. The van der Waals surface area contributed by atoms with Crippen LogP contribution in [-0.2, 0) is 0 Å². The summed E-state index contributed by atoms with van der Waals surface area (Å²) >= 11 is 7.45. The topological polar surface area (TPSA) is 45.2 Å². The molecule has 4 heterocycles. The van der Waals surface area contributed by atoms with Gasteiger partial charge in [-0.3, -0.25) is 4.79 Å². The van der Waals surface area contributed by atoms with Crippen LogP contribution in [0.4, 0.5) is 0 Å². The molecule has 130 valence electrons. The number of hydrogen-bond acceptors (Lipinski definition) is 4. The first-order chi connectivity index (χ1) is 12.2. The number of pyridine rings is 1. The third kappa shape index (κ3) is 4.00. The number of nitrogens with one attached hydrogen (secondary N) is 1. The molecule has 2 bridgehead atoms. The van der Waals surface area contributed by atoms with Crippen molar-refractivity contribution in [3.05, 3.63) is 53.2 Å². The van der Waals surface area contributed by atoms with Crippen LogP contribution in [0.15, 0.2) is 52.4 Å². The summed E-state index contributed by atoms with van der Waals surface area (Å²) in [7, 11) is 0. The minimum atomic E-state index is 0.0242. The van der Waals surface area contributed by atoms with Crippen LogP contribution in [0.5, 0.6) is 0 Å². The highest BCUT2D eigenvalue weighted by atomic mass is 35.5. The second-order valence-electron chi connectivity index (χ2n) is 6.64. The lowest BCUT2D eigenvalue weighted by atomic mass is 9.84. The van der Waals surface area contributed by atoms with Crippen molar-refractivity contribution < 1.29 is 4.79 Å². The van der Waals surface area contributed by atoms with Crippen LogP contribution in [0, 0.1) is 5.92 Å². The number of benzene rings is 1. The first-order valence-electron chi connectivity index (χ1n) is 8.61. The number of rotatable bonds is 4.